The van der Waals surface area contributed by atoms with Gasteiger partial charge >= 0.3 is 6.03 Å². The maximum absolute atomic E-state index is 12.5. The van der Waals surface area contributed by atoms with Crippen molar-refractivity contribution in [1.29, 1.82) is 0 Å². The lowest BCUT2D eigenvalue weighted by Gasteiger charge is -2.19. The van der Waals surface area contributed by atoms with E-state index in [0.717, 1.165) is 36.3 Å². The molecule has 1 fully saturated rings. The molecule has 23 heavy (non-hydrogen) atoms. The number of carbonyl (C=O) groups is 1. The highest BCUT2D eigenvalue weighted by Gasteiger charge is 2.26. The number of anilines is 1. The molecule has 0 aliphatic carbocycles. The molecule has 0 radical (unpaired) electrons. The third kappa shape index (κ3) is 3.71. The number of ether oxygens (including phenoxy) is 1. The second-order valence-electron chi connectivity index (χ2n) is 5.90. The highest BCUT2D eigenvalue weighted by atomic mass is 16.5. The molecule has 2 aromatic rings. The summed E-state index contributed by atoms with van der Waals surface area (Å²) in [6.45, 7) is 2.25. The molecule has 1 aliphatic heterocycles. The lowest BCUT2D eigenvalue weighted by Crippen LogP contribution is -2.33. The van der Waals surface area contributed by atoms with Crippen LogP contribution in [-0.4, -0.2) is 37.7 Å². The van der Waals surface area contributed by atoms with E-state index < -0.39 is 0 Å². The quantitative estimate of drug-likeness (QED) is 0.932. The Hall–Kier alpha value is -2.33. The van der Waals surface area contributed by atoms with Crippen LogP contribution in [0.25, 0.3) is 11.1 Å². The van der Waals surface area contributed by atoms with Crippen LogP contribution < -0.4 is 5.32 Å². The zero-order valence-electron chi connectivity index (χ0n) is 13.4. The van der Waals surface area contributed by atoms with Gasteiger partial charge in [0.15, 0.2) is 0 Å². The Morgan fingerprint density at radius 2 is 1.91 bits per heavy atom. The smallest absolute Gasteiger partial charge is 0.321 e. The number of amides is 2. The molecule has 4 nitrogen and oxygen atoms in total. The topological polar surface area (TPSA) is 41.6 Å². The Balaban J connectivity index is 1.73. The average molecular weight is 310 g/mol. The van der Waals surface area contributed by atoms with Crippen LogP contribution in [0.15, 0.2) is 54.6 Å². The van der Waals surface area contributed by atoms with Crippen molar-refractivity contribution in [2.24, 2.45) is 5.92 Å². The van der Waals surface area contributed by atoms with Crippen molar-refractivity contribution in [3.05, 3.63) is 54.6 Å². The predicted octanol–water partition coefficient (Wildman–Crippen LogP) is 3.85. The first-order valence-electron chi connectivity index (χ1n) is 7.97. The zero-order chi connectivity index (χ0) is 16.1. The van der Waals surface area contributed by atoms with Crippen LogP contribution in [-0.2, 0) is 4.74 Å². The van der Waals surface area contributed by atoms with Crippen LogP contribution in [0.2, 0.25) is 0 Å². The molecule has 2 aromatic carbocycles. The van der Waals surface area contributed by atoms with Gasteiger partial charge in [-0.05, 0) is 18.1 Å². The monoisotopic (exact) mass is 310 g/mol. The number of nitrogens with one attached hydrogen (secondary N) is 1. The number of urea groups is 1. The maximum Gasteiger partial charge on any atom is 0.321 e. The molecule has 2 amide bonds. The van der Waals surface area contributed by atoms with Crippen molar-refractivity contribution in [2.45, 2.75) is 6.42 Å². The molecule has 120 valence electrons. The first kappa shape index (κ1) is 15.6. The molecule has 4 heteroatoms. The molecule has 1 N–H and O–H groups in total. The normalized spacial score (nSPS) is 17.3. The minimum absolute atomic E-state index is 0.0352. The minimum Gasteiger partial charge on any atom is -0.384 e. The molecule has 0 unspecified atom stereocenters. The molecular formula is C19H22N2O2. The summed E-state index contributed by atoms with van der Waals surface area (Å²) in [7, 11) is 1.71. The van der Waals surface area contributed by atoms with Crippen molar-refractivity contribution < 1.29 is 9.53 Å². The predicted molar refractivity (Wildman–Crippen MR) is 92.5 cm³/mol. The van der Waals surface area contributed by atoms with E-state index in [0.29, 0.717) is 12.5 Å². The van der Waals surface area contributed by atoms with E-state index in [4.69, 9.17) is 4.74 Å². The van der Waals surface area contributed by atoms with Gasteiger partial charge in [-0.25, -0.2) is 4.79 Å². The molecule has 0 saturated carbocycles. The van der Waals surface area contributed by atoms with Crippen molar-refractivity contribution in [2.75, 3.05) is 32.1 Å². The number of likely N-dealkylation sites (tertiary alicyclic amines) is 1. The first-order chi connectivity index (χ1) is 11.3. The molecular weight excluding hydrogens is 288 g/mol. The van der Waals surface area contributed by atoms with Crippen LogP contribution >= 0.6 is 0 Å². The van der Waals surface area contributed by atoms with E-state index in [1.807, 2.05) is 47.4 Å². The van der Waals surface area contributed by atoms with Gasteiger partial charge in [0.1, 0.15) is 0 Å². The maximum atomic E-state index is 12.5. The molecule has 1 heterocycles. The second kappa shape index (κ2) is 7.29. The minimum atomic E-state index is -0.0352. The summed E-state index contributed by atoms with van der Waals surface area (Å²) < 4.78 is 5.19. The molecule has 0 bridgehead atoms. The summed E-state index contributed by atoms with van der Waals surface area (Å²) in [6.07, 6.45) is 1.00. The largest absolute Gasteiger partial charge is 0.384 e. The number of hydrogen-bond acceptors (Lipinski definition) is 2. The van der Waals surface area contributed by atoms with Gasteiger partial charge in [-0.15, -0.1) is 0 Å². The number of methoxy groups -OCH3 is 1. The summed E-state index contributed by atoms with van der Waals surface area (Å²) in [4.78, 5) is 14.4. The van der Waals surface area contributed by atoms with Gasteiger partial charge in [-0.2, -0.15) is 0 Å². The Kier molecular flexibility index (Phi) is 4.93. The lowest BCUT2D eigenvalue weighted by atomic mass is 10.0. The van der Waals surface area contributed by atoms with Crippen molar-refractivity contribution in [3.8, 4) is 11.1 Å². The highest BCUT2D eigenvalue weighted by Crippen LogP contribution is 2.28. The van der Waals surface area contributed by atoms with Crippen LogP contribution in [0, 0.1) is 5.92 Å². The first-order valence-corrected chi connectivity index (χ1v) is 7.97. The summed E-state index contributed by atoms with van der Waals surface area (Å²) >= 11 is 0. The number of rotatable bonds is 4. The van der Waals surface area contributed by atoms with Gasteiger partial charge in [-0.1, -0.05) is 48.5 Å². The van der Waals surface area contributed by atoms with Gasteiger partial charge in [0.2, 0.25) is 0 Å². The van der Waals surface area contributed by atoms with Crippen LogP contribution in [0.5, 0.6) is 0 Å². The van der Waals surface area contributed by atoms with Gasteiger partial charge < -0.3 is 15.0 Å². The molecule has 1 aliphatic rings. The lowest BCUT2D eigenvalue weighted by molar-refractivity contribution is 0.154. The summed E-state index contributed by atoms with van der Waals surface area (Å²) in [5, 5.41) is 3.06. The van der Waals surface area contributed by atoms with Crippen molar-refractivity contribution >= 4 is 11.7 Å². The van der Waals surface area contributed by atoms with E-state index in [1.165, 1.54) is 0 Å². The SMILES string of the molecule is COC[C@@H]1CCN(C(=O)Nc2ccccc2-c2ccccc2)C1. The van der Waals surface area contributed by atoms with Gasteiger partial charge in [0.25, 0.3) is 0 Å². The number of hydrogen-bond donors (Lipinski definition) is 1. The summed E-state index contributed by atoms with van der Waals surface area (Å²) in [5.41, 5.74) is 2.98. The van der Waals surface area contributed by atoms with E-state index in [2.05, 4.69) is 17.4 Å². The summed E-state index contributed by atoms with van der Waals surface area (Å²) in [5.74, 6) is 0.440. The Bertz CT molecular complexity index is 657. The molecule has 1 saturated heterocycles. The van der Waals surface area contributed by atoms with E-state index in [9.17, 15) is 4.79 Å². The van der Waals surface area contributed by atoms with Gasteiger partial charge in [-0.3, -0.25) is 0 Å². The highest BCUT2D eigenvalue weighted by molar-refractivity contribution is 5.94. The van der Waals surface area contributed by atoms with Crippen molar-refractivity contribution in [1.82, 2.24) is 4.90 Å². The zero-order valence-corrected chi connectivity index (χ0v) is 13.4. The average Bonchev–Trinajstić information content (AvgIpc) is 3.05. The molecule has 0 spiro atoms. The summed E-state index contributed by atoms with van der Waals surface area (Å²) in [6, 6.07) is 18.0. The number of para-hydroxylation sites is 1. The van der Waals surface area contributed by atoms with Gasteiger partial charge in [0, 0.05) is 31.7 Å². The fourth-order valence-corrected chi connectivity index (χ4v) is 3.04. The van der Waals surface area contributed by atoms with Crippen molar-refractivity contribution in [3.63, 3.8) is 0 Å². The Morgan fingerprint density at radius 3 is 2.70 bits per heavy atom. The van der Waals surface area contributed by atoms with E-state index in [1.54, 1.807) is 7.11 Å². The van der Waals surface area contributed by atoms with Gasteiger partial charge in [0.05, 0.1) is 12.3 Å². The van der Waals surface area contributed by atoms with Crippen LogP contribution in [0.4, 0.5) is 10.5 Å². The number of carbonyl (C=O) groups excluding carboxylic acids is 1. The molecule has 1 atom stereocenters. The van der Waals surface area contributed by atoms with E-state index in [-0.39, 0.29) is 6.03 Å². The fourth-order valence-electron chi connectivity index (χ4n) is 3.04. The van der Waals surface area contributed by atoms with Crippen LogP contribution in [0.1, 0.15) is 6.42 Å². The van der Waals surface area contributed by atoms with E-state index >= 15 is 0 Å². The van der Waals surface area contributed by atoms with Crippen LogP contribution in [0.3, 0.4) is 0 Å². The Morgan fingerprint density at radius 1 is 1.17 bits per heavy atom. The molecule has 3 rings (SSSR count). The number of nitrogens with zero attached hydrogens (tertiary/aromatic N) is 1. The standard InChI is InChI=1S/C19H22N2O2/c1-23-14-15-11-12-21(13-15)19(22)20-18-10-6-5-9-17(18)16-7-3-2-4-8-16/h2-10,15H,11-14H2,1H3,(H,20,22)/t15-/m1/s1. The third-order valence-corrected chi connectivity index (χ3v) is 4.23. The third-order valence-electron chi connectivity index (χ3n) is 4.23. The Labute approximate surface area is 137 Å². The number of benzene rings is 2. The molecule has 0 aromatic heterocycles. The fraction of sp³-hybridized carbons (Fsp3) is 0.316. The second-order valence-corrected chi connectivity index (χ2v) is 5.90.